The third kappa shape index (κ3) is 3.52. The predicted octanol–water partition coefficient (Wildman–Crippen LogP) is -2.85. The van der Waals surface area contributed by atoms with Crippen LogP contribution in [0.3, 0.4) is 0 Å². The number of Topliss-reactive ketones (excluding diaryl/α,β-unsaturated/α-hetero) is 2. The van der Waals surface area contributed by atoms with Gasteiger partial charge in [0.05, 0.1) is 17.2 Å². The average Bonchev–Trinajstić information content (AvgIpc) is 2.68. The van der Waals surface area contributed by atoms with Gasteiger partial charge in [0.1, 0.15) is 22.8 Å². The number of nitrogens with zero attached hydrogens (tertiary/aromatic N) is 1. The van der Waals surface area contributed by atoms with Crippen LogP contribution < -0.4 is 5.73 Å². The minimum absolute atomic E-state index is 0. The van der Waals surface area contributed by atoms with Gasteiger partial charge in [-0.25, -0.2) is 0 Å². The summed E-state index contributed by atoms with van der Waals surface area (Å²) in [6.45, 7) is 1.40. The number of nitrogens with two attached hydrogens (primary N) is 1. The number of primary amides is 1. The summed E-state index contributed by atoms with van der Waals surface area (Å²) in [5.41, 5.74) is -0.548. The summed E-state index contributed by atoms with van der Waals surface area (Å²) < 4.78 is 0. The summed E-state index contributed by atoms with van der Waals surface area (Å²) in [5, 5.41) is 54.9. The van der Waals surface area contributed by atoms with Crippen LogP contribution in [0.15, 0.2) is 35.1 Å². The van der Waals surface area contributed by atoms with Crippen molar-refractivity contribution >= 4 is 23.2 Å². The van der Waals surface area contributed by atoms with Crippen LogP contribution in [0.25, 0.3) is 5.76 Å². The number of fused-ring (bicyclic) bond motifs is 3. The van der Waals surface area contributed by atoms with Crippen LogP contribution in [-0.4, -0.2) is 90.1 Å². The zero-order chi connectivity index (χ0) is 23.9. The first-order valence-corrected chi connectivity index (χ1v) is 9.97. The fourth-order valence-corrected chi connectivity index (χ4v) is 5.50. The Kier molecular flexibility index (Phi) is 7.67. The Morgan fingerprint density at radius 1 is 1.09 bits per heavy atom. The second-order valence-electron chi connectivity index (χ2n) is 8.96. The number of likely N-dealkylation sites (N-methyl/N-ethyl adjacent to an activating group) is 1. The molecule has 1 amide bonds. The summed E-state index contributed by atoms with van der Waals surface area (Å²) >= 11 is 0. The highest BCUT2D eigenvalue weighted by Crippen LogP contribution is 2.57. The van der Waals surface area contributed by atoms with Gasteiger partial charge in [-0.3, -0.25) is 19.3 Å². The molecule has 194 valence electrons. The zero-order valence-corrected chi connectivity index (χ0v) is 19.2. The Bertz CT molecular complexity index is 1150. The molecule has 4 rings (SSSR count). The highest BCUT2D eigenvalue weighted by molar-refractivity contribution is 6.24. The van der Waals surface area contributed by atoms with E-state index in [2.05, 4.69) is 0 Å². The van der Waals surface area contributed by atoms with Crippen LogP contribution in [0.5, 0.6) is 5.75 Å². The number of amides is 1. The molecular weight excluding hydrogens is 468 g/mol. The number of phenols is 1. The number of benzene rings is 1. The minimum atomic E-state index is -2.75. The lowest BCUT2D eigenvalue weighted by molar-refractivity contribution is -0.159. The predicted molar refractivity (Wildman–Crippen MR) is 121 cm³/mol. The minimum Gasteiger partial charge on any atom is -0.508 e. The van der Waals surface area contributed by atoms with Crippen molar-refractivity contribution in [2.24, 2.45) is 17.6 Å². The first-order valence-electron chi connectivity index (χ1n) is 9.97. The summed E-state index contributed by atoms with van der Waals surface area (Å²) in [5.74, 6) is -7.90. The highest BCUT2D eigenvalue weighted by Gasteiger charge is 2.66. The Morgan fingerprint density at radius 2 is 1.66 bits per heavy atom. The number of phenolic OH excluding ortho intramolecular Hbond substituents is 1. The Labute approximate surface area is 199 Å². The number of aliphatic hydroxyl groups excluding tert-OH is 2. The van der Waals surface area contributed by atoms with Crippen molar-refractivity contribution in [1.29, 1.82) is 0 Å². The SMILES string of the molecule is CN(C)[C@@H]1C(=O)C(C(N)=O)=C(O)[C@@]2(O)C(=O)C3=C(O)c4c(O)cccc4[C@@](C)(O)[C@H]3C[C@@H]12.O.O.O. The Hall–Kier alpha value is -3.33. The van der Waals surface area contributed by atoms with Crippen LogP contribution in [0.1, 0.15) is 24.5 Å². The maximum atomic E-state index is 13.7. The van der Waals surface area contributed by atoms with E-state index in [1.165, 1.54) is 44.1 Å². The van der Waals surface area contributed by atoms with Gasteiger partial charge in [0, 0.05) is 17.4 Å². The van der Waals surface area contributed by atoms with Crippen molar-refractivity contribution < 1.29 is 56.3 Å². The van der Waals surface area contributed by atoms with E-state index in [-0.39, 0.29) is 34.0 Å². The van der Waals surface area contributed by atoms with Gasteiger partial charge < -0.3 is 47.7 Å². The molecule has 0 spiro atoms. The van der Waals surface area contributed by atoms with E-state index >= 15 is 0 Å². The van der Waals surface area contributed by atoms with E-state index in [1.807, 2.05) is 0 Å². The molecular formula is C22H30N2O11. The van der Waals surface area contributed by atoms with Gasteiger partial charge in [0.2, 0.25) is 5.78 Å². The van der Waals surface area contributed by atoms with Gasteiger partial charge in [-0.1, -0.05) is 12.1 Å². The van der Waals surface area contributed by atoms with Gasteiger partial charge in [0.15, 0.2) is 11.4 Å². The first-order chi connectivity index (χ1) is 14.8. The molecule has 13 nitrogen and oxygen atoms in total. The molecule has 5 atom stereocenters. The topological polar surface area (TPSA) is 276 Å². The number of rotatable bonds is 2. The molecule has 13 N–H and O–H groups in total. The average molecular weight is 498 g/mol. The number of hydrogen-bond acceptors (Lipinski definition) is 9. The van der Waals surface area contributed by atoms with Crippen LogP contribution in [-0.2, 0) is 20.0 Å². The van der Waals surface area contributed by atoms with Crippen molar-refractivity contribution in [3.8, 4) is 5.75 Å². The quantitative estimate of drug-likeness (QED) is 0.229. The second kappa shape index (κ2) is 9.03. The summed E-state index contributed by atoms with van der Waals surface area (Å²) in [6, 6.07) is 3.02. The van der Waals surface area contributed by atoms with Gasteiger partial charge >= 0.3 is 0 Å². The van der Waals surface area contributed by atoms with Crippen molar-refractivity contribution in [1.82, 2.24) is 4.90 Å². The van der Waals surface area contributed by atoms with E-state index in [4.69, 9.17) is 5.73 Å². The van der Waals surface area contributed by atoms with Gasteiger partial charge in [-0.15, -0.1) is 0 Å². The van der Waals surface area contributed by atoms with E-state index in [9.17, 15) is 39.9 Å². The number of aromatic hydroxyl groups is 1. The molecule has 1 fully saturated rings. The molecule has 3 aliphatic rings. The molecule has 0 heterocycles. The molecule has 0 bridgehead atoms. The van der Waals surface area contributed by atoms with Crippen molar-refractivity contribution in [2.45, 2.75) is 30.6 Å². The molecule has 3 aliphatic carbocycles. The molecule has 0 saturated heterocycles. The lowest BCUT2D eigenvalue weighted by atomic mass is 9.54. The maximum absolute atomic E-state index is 13.7. The normalized spacial score (nSPS) is 31.4. The monoisotopic (exact) mass is 498 g/mol. The van der Waals surface area contributed by atoms with Crippen LogP contribution >= 0.6 is 0 Å². The standard InChI is InChI=1S/C22H24N2O8.3H2O/c1-21(31)8-5-4-6-11(25)12(8)16(26)13-9(21)7-10-15(24(2)3)17(27)14(20(23)30)19(29)22(10,32)18(13)28;;;/h4-6,9-10,15,25-26,29,31-32H,7H2,1-3H3,(H2,23,30);3*1H2/t9-,10-,15-,21+,22-;;;/m0.../s1. The Balaban J connectivity index is 0.00000204. The fraction of sp³-hybridized carbons (Fsp3) is 0.409. The maximum Gasteiger partial charge on any atom is 0.255 e. The van der Waals surface area contributed by atoms with E-state index in [1.54, 1.807) is 0 Å². The molecule has 0 unspecified atom stereocenters. The second-order valence-corrected chi connectivity index (χ2v) is 8.96. The number of hydrogen-bond donors (Lipinski definition) is 6. The molecule has 0 aliphatic heterocycles. The highest BCUT2D eigenvalue weighted by atomic mass is 16.3. The fourth-order valence-electron chi connectivity index (χ4n) is 5.50. The van der Waals surface area contributed by atoms with Crippen LogP contribution in [0.4, 0.5) is 0 Å². The van der Waals surface area contributed by atoms with Gasteiger partial charge in [-0.2, -0.15) is 0 Å². The van der Waals surface area contributed by atoms with E-state index < -0.39 is 75.0 Å². The van der Waals surface area contributed by atoms with Crippen molar-refractivity contribution in [3.63, 3.8) is 0 Å². The number of ketones is 2. The summed E-state index contributed by atoms with van der Waals surface area (Å²) in [4.78, 5) is 40.0. The molecule has 13 heteroatoms. The van der Waals surface area contributed by atoms with Crippen LogP contribution in [0.2, 0.25) is 0 Å². The molecule has 35 heavy (non-hydrogen) atoms. The number of carbonyl (C=O) groups excluding carboxylic acids is 3. The third-order valence-corrected chi connectivity index (χ3v) is 7.02. The van der Waals surface area contributed by atoms with Crippen molar-refractivity contribution in [3.05, 3.63) is 46.2 Å². The number of carbonyl (C=O) groups is 3. The van der Waals surface area contributed by atoms with E-state index in [0.717, 1.165) is 0 Å². The molecule has 0 radical (unpaired) electrons. The molecule has 0 aromatic heterocycles. The van der Waals surface area contributed by atoms with Crippen LogP contribution in [0, 0.1) is 11.8 Å². The van der Waals surface area contributed by atoms with Crippen molar-refractivity contribution in [2.75, 3.05) is 14.1 Å². The summed E-state index contributed by atoms with van der Waals surface area (Å²) in [6.07, 6.45) is -0.200. The molecule has 1 saturated carbocycles. The smallest absolute Gasteiger partial charge is 0.255 e. The summed E-state index contributed by atoms with van der Waals surface area (Å²) in [7, 11) is 3.01. The van der Waals surface area contributed by atoms with Gasteiger partial charge in [0.25, 0.3) is 5.91 Å². The molecule has 1 aromatic carbocycles. The lowest BCUT2D eigenvalue weighted by Crippen LogP contribution is -2.67. The van der Waals surface area contributed by atoms with Gasteiger partial charge in [-0.05, 0) is 39.1 Å². The molecule has 1 aromatic rings. The third-order valence-electron chi connectivity index (χ3n) is 7.02. The lowest BCUT2D eigenvalue weighted by Gasteiger charge is -2.53. The largest absolute Gasteiger partial charge is 0.508 e. The first kappa shape index (κ1) is 29.7. The van der Waals surface area contributed by atoms with E-state index in [0.29, 0.717) is 0 Å². The number of aliphatic hydroxyl groups is 4. The zero-order valence-electron chi connectivity index (χ0n) is 19.2. The Morgan fingerprint density at radius 3 is 2.17 bits per heavy atom.